The molecule has 17 heavy (non-hydrogen) atoms. The minimum absolute atomic E-state index is 0.162. The SMILES string of the molecule is CCOc1cccc(OCCC(C#N)NC)c1. The first-order chi connectivity index (χ1) is 8.30. The fourth-order valence-corrected chi connectivity index (χ4v) is 1.39. The maximum Gasteiger partial charge on any atom is 0.122 e. The topological polar surface area (TPSA) is 54.3 Å². The number of rotatable bonds is 7. The number of ether oxygens (including phenoxy) is 2. The molecule has 1 rings (SSSR count). The zero-order chi connectivity index (χ0) is 12.5. The fraction of sp³-hybridized carbons (Fsp3) is 0.462. The lowest BCUT2D eigenvalue weighted by Gasteiger charge is -2.10. The standard InChI is InChI=1S/C13H18N2O2/c1-3-16-12-5-4-6-13(9-12)17-8-7-11(10-14)15-2/h4-6,9,11,15H,3,7-8H2,1-2H3. The van der Waals surface area contributed by atoms with Gasteiger partial charge in [-0.1, -0.05) is 6.07 Å². The van der Waals surface area contributed by atoms with Crippen molar-refractivity contribution in [2.75, 3.05) is 20.3 Å². The van der Waals surface area contributed by atoms with Crippen molar-refractivity contribution in [1.29, 1.82) is 5.26 Å². The number of benzene rings is 1. The van der Waals surface area contributed by atoms with E-state index in [2.05, 4.69) is 11.4 Å². The molecule has 4 nitrogen and oxygen atoms in total. The van der Waals surface area contributed by atoms with E-state index in [9.17, 15) is 0 Å². The van der Waals surface area contributed by atoms with Gasteiger partial charge < -0.3 is 14.8 Å². The van der Waals surface area contributed by atoms with Crippen LogP contribution in [0.25, 0.3) is 0 Å². The fourth-order valence-electron chi connectivity index (χ4n) is 1.39. The molecule has 0 aliphatic rings. The van der Waals surface area contributed by atoms with Crippen LogP contribution in [0, 0.1) is 11.3 Å². The number of nitriles is 1. The Hall–Kier alpha value is -1.73. The smallest absolute Gasteiger partial charge is 0.122 e. The minimum Gasteiger partial charge on any atom is -0.494 e. The van der Waals surface area contributed by atoms with E-state index in [0.29, 0.717) is 19.6 Å². The summed E-state index contributed by atoms with van der Waals surface area (Å²) in [6.45, 7) is 3.09. The van der Waals surface area contributed by atoms with Crippen LogP contribution in [0.3, 0.4) is 0 Å². The van der Waals surface area contributed by atoms with Crippen molar-refractivity contribution in [3.63, 3.8) is 0 Å². The molecule has 92 valence electrons. The van der Waals surface area contributed by atoms with Crippen LogP contribution in [0.4, 0.5) is 0 Å². The van der Waals surface area contributed by atoms with Gasteiger partial charge in [0.2, 0.25) is 0 Å². The van der Waals surface area contributed by atoms with Crippen molar-refractivity contribution >= 4 is 0 Å². The average Bonchev–Trinajstić information content (AvgIpc) is 2.36. The Bertz CT molecular complexity index is 374. The van der Waals surface area contributed by atoms with Gasteiger partial charge in [-0.15, -0.1) is 0 Å². The van der Waals surface area contributed by atoms with Crippen LogP contribution in [0.5, 0.6) is 11.5 Å². The predicted octanol–water partition coefficient (Wildman–Crippen LogP) is 1.97. The van der Waals surface area contributed by atoms with Gasteiger partial charge in [-0.05, 0) is 26.1 Å². The Kier molecular flexibility index (Phi) is 5.91. The molecule has 0 saturated carbocycles. The second-order valence-corrected chi connectivity index (χ2v) is 3.52. The van der Waals surface area contributed by atoms with Crippen molar-refractivity contribution in [3.05, 3.63) is 24.3 Å². The normalized spacial score (nSPS) is 11.6. The van der Waals surface area contributed by atoms with E-state index in [1.807, 2.05) is 31.2 Å². The molecule has 0 fully saturated rings. The first-order valence-electron chi connectivity index (χ1n) is 5.72. The second-order valence-electron chi connectivity index (χ2n) is 3.52. The first kappa shape index (κ1) is 13.3. The van der Waals surface area contributed by atoms with Crippen LogP contribution in [0.2, 0.25) is 0 Å². The number of nitrogens with zero attached hydrogens (tertiary/aromatic N) is 1. The van der Waals surface area contributed by atoms with Gasteiger partial charge in [0.1, 0.15) is 11.5 Å². The summed E-state index contributed by atoms with van der Waals surface area (Å²) in [7, 11) is 1.77. The van der Waals surface area contributed by atoms with E-state index in [1.54, 1.807) is 7.05 Å². The predicted molar refractivity (Wildman–Crippen MR) is 66.2 cm³/mol. The molecule has 1 unspecified atom stereocenters. The van der Waals surface area contributed by atoms with Gasteiger partial charge in [0.05, 0.1) is 25.3 Å². The quantitative estimate of drug-likeness (QED) is 0.783. The first-order valence-corrected chi connectivity index (χ1v) is 5.72. The van der Waals surface area contributed by atoms with E-state index < -0.39 is 0 Å². The Morgan fingerprint density at radius 1 is 1.35 bits per heavy atom. The maximum atomic E-state index is 8.75. The van der Waals surface area contributed by atoms with Gasteiger partial charge in [0.25, 0.3) is 0 Å². The highest BCUT2D eigenvalue weighted by molar-refractivity contribution is 5.32. The molecule has 1 atom stereocenters. The van der Waals surface area contributed by atoms with Gasteiger partial charge in [0.15, 0.2) is 0 Å². The molecule has 0 amide bonds. The number of nitrogens with one attached hydrogen (secondary N) is 1. The van der Waals surface area contributed by atoms with Crippen molar-refractivity contribution in [2.45, 2.75) is 19.4 Å². The molecule has 1 aromatic carbocycles. The van der Waals surface area contributed by atoms with E-state index in [4.69, 9.17) is 14.7 Å². The summed E-state index contributed by atoms with van der Waals surface area (Å²) in [5.41, 5.74) is 0. The van der Waals surface area contributed by atoms with Crippen molar-refractivity contribution < 1.29 is 9.47 Å². The molecule has 0 saturated heterocycles. The van der Waals surface area contributed by atoms with Gasteiger partial charge >= 0.3 is 0 Å². The third kappa shape index (κ3) is 4.75. The second kappa shape index (κ2) is 7.53. The Morgan fingerprint density at radius 2 is 2.06 bits per heavy atom. The Morgan fingerprint density at radius 3 is 2.65 bits per heavy atom. The molecule has 0 radical (unpaired) electrons. The molecule has 0 spiro atoms. The molecule has 1 aromatic rings. The zero-order valence-electron chi connectivity index (χ0n) is 10.3. The van der Waals surface area contributed by atoms with Gasteiger partial charge in [-0.25, -0.2) is 0 Å². The summed E-state index contributed by atoms with van der Waals surface area (Å²) in [6, 6.07) is 9.50. The largest absolute Gasteiger partial charge is 0.494 e. The highest BCUT2D eigenvalue weighted by atomic mass is 16.5. The Balaban J connectivity index is 2.41. The van der Waals surface area contributed by atoms with Crippen LogP contribution in [0.15, 0.2) is 24.3 Å². The number of hydrogen-bond donors (Lipinski definition) is 1. The Labute approximate surface area is 102 Å². The van der Waals surface area contributed by atoms with Crippen LogP contribution in [0.1, 0.15) is 13.3 Å². The highest BCUT2D eigenvalue weighted by Gasteiger charge is 2.04. The lowest BCUT2D eigenvalue weighted by molar-refractivity contribution is 0.295. The minimum atomic E-state index is -0.162. The van der Waals surface area contributed by atoms with Gasteiger partial charge in [-0.2, -0.15) is 5.26 Å². The van der Waals surface area contributed by atoms with Crippen LogP contribution >= 0.6 is 0 Å². The molecular formula is C13H18N2O2. The van der Waals surface area contributed by atoms with Crippen molar-refractivity contribution in [3.8, 4) is 17.6 Å². The average molecular weight is 234 g/mol. The van der Waals surface area contributed by atoms with Crippen molar-refractivity contribution in [1.82, 2.24) is 5.32 Å². The monoisotopic (exact) mass is 234 g/mol. The van der Waals surface area contributed by atoms with E-state index in [0.717, 1.165) is 11.5 Å². The third-order valence-electron chi connectivity index (χ3n) is 2.30. The van der Waals surface area contributed by atoms with E-state index >= 15 is 0 Å². The van der Waals surface area contributed by atoms with Gasteiger partial charge in [0, 0.05) is 12.5 Å². The maximum absolute atomic E-state index is 8.75. The summed E-state index contributed by atoms with van der Waals surface area (Å²) < 4.78 is 10.9. The molecule has 0 aliphatic heterocycles. The molecule has 0 bridgehead atoms. The van der Waals surface area contributed by atoms with Crippen LogP contribution < -0.4 is 14.8 Å². The lowest BCUT2D eigenvalue weighted by atomic mass is 10.2. The summed E-state index contributed by atoms with van der Waals surface area (Å²) >= 11 is 0. The van der Waals surface area contributed by atoms with Crippen LogP contribution in [-0.2, 0) is 0 Å². The van der Waals surface area contributed by atoms with Crippen molar-refractivity contribution in [2.24, 2.45) is 0 Å². The zero-order valence-corrected chi connectivity index (χ0v) is 10.3. The van der Waals surface area contributed by atoms with Gasteiger partial charge in [-0.3, -0.25) is 0 Å². The molecule has 0 heterocycles. The van der Waals surface area contributed by atoms with E-state index in [-0.39, 0.29) is 6.04 Å². The molecular weight excluding hydrogens is 216 g/mol. The molecule has 0 aromatic heterocycles. The molecule has 0 aliphatic carbocycles. The molecule has 4 heteroatoms. The lowest BCUT2D eigenvalue weighted by Crippen LogP contribution is -2.25. The highest BCUT2D eigenvalue weighted by Crippen LogP contribution is 2.19. The third-order valence-corrected chi connectivity index (χ3v) is 2.30. The molecule has 1 N–H and O–H groups in total. The number of hydrogen-bond acceptors (Lipinski definition) is 4. The summed E-state index contributed by atoms with van der Waals surface area (Å²) in [5.74, 6) is 1.57. The summed E-state index contributed by atoms with van der Waals surface area (Å²) in [5, 5.41) is 11.7. The summed E-state index contributed by atoms with van der Waals surface area (Å²) in [4.78, 5) is 0. The summed E-state index contributed by atoms with van der Waals surface area (Å²) in [6.07, 6.45) is 0.659. The van der Waals surface area contributed by atoms with E-state index in [1.165, 1.54) is 0 Å². The van der Waals surface area contributed by atoms with Crippen LogP contribution in [-0.4, -0.2) is 26.3 Å².